The molecule has 1 aliphatic carbocycles. The van der Waals surface area contributed by atoms with Crippen LogP contribution in [0.25, 0.3) is 21.9 Å². The first-order chi connectivity index (χ1) is 12.1. The highest BCUT2D eigenvalue weighted by molar-refractivity contribution is 6.14. The highest BCUT2D eigenvalue weighted by atomic mass is 16.1. The van der Waals surface area contributed by atoms with Crippen LogP contribution < -0.4 is 4.90 Å². The van der Waals surface area contributed by atoms with Crippen molar-refractivity contribution in [2.24, 2.45) is 0 Å². The monoisotopic (exact) mass is 325 g/mol. The maximum atomic E-state index is 12.6. The molecule has 2 heteroatoms. The normalized spacial score (nSPS) is 12.9. The first-order valence-corrected chi connectivity index (χ1v) is 8.45. The Labute approximate surface area is 148 Å². The molecular weight excluding hydrogens is 306 g/mol. The molecule has 0 fully saturated rings. The van der Waals surface area contributed by atoms with E-state index in [0.717, 1.165) is 45.3 Å². The van der Waals surface area contributed by atoms with E-state index in [4.69, 9.17) is 6.42 Å². The molecule has 0 amide bonds. The Morgan fingerprint density at radius 1 is 0.960 bits per heavy atom. The molecule has 0 saturated heterocycles. The number of ketones is 1. The minimum Gasteiger partial charge on any atom is -0.378 e. The number of rotatable bonds is 2. The third-order valence-electron chi connectivity index (χ3n) is 4.96. The van der Waals surface area contributed by atoms with Gasteiger partial charge in [-0.25, -0.2) is 0 Å². The highest BCUT2D eigenvalue weighted by Gasteiger charge is 2.25. The van der Waals surface area contributed by atoms with Crippen molar-refractivity contribution in [3.05, 3.63) is 65.2 Å². The Hall–Kier alpha value is -3.05. The number of Topliss-reactive ketones (excluding diaryl/α,β-unsaturated/α-hetero) is 1. The SMILES string of the molecule is C#Cc1ccc(-c2c3c(cc4ccc(N(C)C)cc24)CCC3=O)cc1. The second-order valence-corrected chi connectivity index (χ2v) is 6.73. The minimum atomic E-state index is 0.239. The van der Waals surface area contributed by atoms with Crippen LogP contribution in [0.2, 0.25) is 0 Å². The summed E-state index contributed by atoms with van der Waals surface area (Å²) in [6, 6.07) is 16.5. The molecule has 0 aliphatic heterocycles. The summed E-state index contributed by atoms with van der Waals surface area (Å²) < 4.78 is 0. The van der Waals surface area contributed by atoms with Crippen molar-refractivity contribution >= 4 is 22.2 Å². The van der Waals surface area contributed by atoms with Gasteiger partial charge >= 0.3 is 0 Å². The molecule has 0 bridgehead atoms. The van der Waals surface area contributed by atoms with Gasteiger partial charge in [-0.1, -0.05) is 30.2 Å². The molecule has 0 N–H and O–H groups in total. The zero-order valence-electron chi connectivity index (χ0n) is 14.5. The lowest BCUT2D eigenvalue weighted by atomic mass is 9.90. The minimum absolute atomic E-state index is 0.239. The van der Waals surface area contributed by atoms with Crippen molar-refractivity contribution in [2.75, 3.05) is 19.0 Å². The average Bonchev–Trinajstić information content (AvgIpc) is 3.00. The highest BCUT2D eigenvalue weighted by Crippen LogP contribution is 2.40. The summed E-state index contributed by atoms with van der Waals surface area (Å²) in [5, 5.41) is 2.30. The second-order valence-electron chi connectivity index (χ2n) is 6.73. The maximum Gasteiger partial charge on any atom is 0.164 e. The van der Waals surface area contributed by atoms with Crippen LogP contribution in [0.5, 0.6) is 0 Å². The number of terminal acetylenes is 1. The van der Waals surface area contributed by atoms with Crippen LogP contribution in [-0.2, 0) is 6.42 Å². The molecule has 3 aromatic rings. The average molecular weight is 325 g/mol. The molecule has 0 atom stereocenters. The summed E-state index contributed by atoms with van der Waals surface area (Å²) in [5.74, 6) is 2.89. The van der Waals surface area contributed by atoms with Crippen LogP contribution in [0.4, 0.5) is 5.69 Å². The van der Waals surface area contributed by atoms with Crippen molar-refractivity contribution in [1.82, 2.24) is 0 Å². The van der Waals surface area contributed by atoms with Gasteiger partial charge in [-0.3, -0.25) is 4.79 Å². The van der Waals surface area contributed by atoms with Crippen LogP contribution in [0, 0.1) is 12.3 Å². The predicted octanol–water partition coefficient (Wildman–Crippen LogP) is 4.68. The van der Waals surface area contributed by atoms with Gasteiger partial charge in [0.15, 0.2) is 5.78 Å². The molecule has 0 saturated carbocycles. The van der Waals surface area contributed by atoms with E-state index < -0.39 is 0 Å². The molecule has 122 valence electrons. The summed E-state index contributed by atoms with van der Waals surface area (Å²) >= 11 is 0. The first-order valence-electron chi connectivity index (χ1n) is 8.45. The predicted molar refractivity (Wildman–Crippen MR) is 104 cm³/mol. The summed E-state index contributed by atoms with van der Waals surface area (Å²) in [7, 11) is 4.06. The number of anilines is 1. The number of hydrogen-bond donors (Lipinski definition) is 0. The molecule has 3 aromatic carbocycles. The van der Waals surface area contributed by atoms with Crippen molar-refractivity contribution in [3.8, 4) is 23.5 Å². The smallest absolute Gasteiger partial charge is 0.164 e. The van der Waals surface area contributed by atoms with Gasteiger partial charge in [-0.05, 0) is 52.6 Å². The van der Waals surface area contributed by atoms with E-state index in [2.05, 4.69) is 35.1 Å². The van der Waals surface area contributed by atoms with E-state index in [1.165, 1.54) is 5.39 Å². The molecule has 1 aliphatic rings. The third kappa shape index (κ3) is 2.49. The van der Waals surface area contributed by atoms with Crippen LogP contribution in [0.1, 0.15) is 27.9 Å². The fourth-order valence-corrected chi connectivity index (χ4v) is 3.64. The van der Waals surface area contributed by atoms with Crippen LogP contribution in [0.15, 0.2) is 48.5 Å². The summed E-state index contributed by atoms with van der Waals surface area (Å²) in [6.07, 6.45) is 6.91. The van der Waals surface area contributed by atoms with E-state index in [1.54, 1.807) is 0 Å². The molecular formula is C23H19NO. The number of hydrogen-bond acceptors (Lipinski definition) is 2. The number of benzene rings is 3. The Morgan fingerprint density at radius 3 is 2.40 bits per heavy atom. The third-order valence-corrected chi connectivity index (χ3v) is 4.96. The lowest BCUT2D eigenvalue weighted by Gasteiger charge is -2.17. The lowest BCUT2D eigenvalue weighted by Crippen LogP contribution is -2.08. The van der Waals surface area contributed by atoms with Crippen LogP contribution >= 0.6 is 0 Å². The fourth-order valence-electron chi connectivity index (χ4n) is 3.64. The van der Waals surface area contributed by atoms with E-state index in [1.807, 2.05) is 38.4 Å². The zero-order valence-corrected chi connectivity index (χ0v) is 14.5. The molecule has 25 heavy (non-hydrogen) atoms. The van der Waals surface area contributed by atoms with Gasteiger partial charge in [0.05, 0.1) is 0 Å². The van der Waals surface area contributed by atoms with E-state index in [-0.39, 0.29) is 5.78 Å². The molecule has 2 nitrogen and oxygen atoms in total. The van der Waals surface area contributed by atoms with Crippen molar-refractivity contribution in [1.29, 1.82) is 0 Å². The van der Waals surface area contributed by atoms with Gasteiger partial charge in [0.1, 0.15) is 0 Å². The second kappa shape index (κ2) is 5.79. The van der Waals surface area contributed by atoms with Crippen LogP contribution in [-0.4, -0.2) is 19.9 Å². The topological polar surface area (TPSA) is 20.3 Å². The van der Waals surface area contributed by atoms with Gasteiger partial charge in [0.25, 0.3) is 0 Å². The van der Waals surface area contributed by atoms with Gasteiger partial charge in [0.2, 0.25) is 0 Å². The van der Waals surface area contributed by atoms with Crippen molar-refractivity contribution < 1.29 is 4.79 Å². The molecule has 0 radical (unpaired) electrons. The largest absolute Gasteiger partial charge is 0.378 e. The molecule has 0 aromatic heterocycles. The number of carbonyl (C=O) groups is 1. The lowest BCUT2D eigenvalue weighted by molar-refractivity contribution is 0.0995. The van der Waals surface area contributed by atoms with E-state index >= 15 is 0 Å². The maximum absolute atomic E-state index is 12.6. The number of carbonyl (C=O) groups excluding carboxylic acids is 1. The zero-order chi connectivity index (χ0) is 17.6. The first kappa shape index (κ1) is 15.5. The van der Waals surface area contributed by atoms with Crippen LogP contribution in [0.3, 0.4) is 0 Å². The van der Waals surface area contributed by atoms with Gasteiger partial charge in [-0.15, -0.1) is 6.42 Å². The van der Waals surface area contributed by atoms with Crippen molar-refractivity contribution in [2.45, 2.75) is 12.8 Å². The standard InChI is InChI=1S/C23H19NO/c1-4-15-5-7-16(8-6-15)22-20-14-19(24(2)3)11-9-17(20)13-18-10-12-21(25)23(18)22/h1,5-9,11,13-14H,10,12H2,2-3H3. The molecule has 0 heterocycles. The quantitative estimate of drug-likeness (QED) is 0.638. The summed E-state index contributed by atoms with van der Waals surface area (Å²) in [6.45, 7) is 0. The summed E-state index contributed by atoms with van der Waals surface area (Å²) in [4.78, 5) is 14.7. The summed E-state index contributed by atoms with van der Waals surface area (Å²) in [5.41, 5.74) is 6.11. The fraction of sp³-hybridized carbons (Fsp3) is 0.174. The molecule has 0 unspecified atom stereocenters. The Bertz CT molecular complexity index is 1040. The number of aryl methyl sites for hydroxylation is 1. The van der Waals surface area contributed by atoms with Gasteiger partial charge < -0.3 is 4.90 Å². The number of fused-ring (bicyclic) bond motifs is 2. The van der Waals surface area contributed by atoms with E-state index in [9.17, 15) is 4.79 Å². The molecule has 0 spiro atoms. The van der Waals surface area contributed by atoms with Gasteiger partial charge in [0, 0.05) is 42.9 Å². The van der Waals surface area contributed by atoms with Crippen molar-refractivity contribution in [3.63, 3.8) is 0 Å². The Balaban J connectivity index is 2.07. The molecule has 4 rings (SSSR count). The Morgan fingerprint density at radius 2 is 1.72 bits per heavy atom. The number of nitrogens with zero attached hydrogens (tertiary/aromatic N) is 1. The van der Waals surface area contributed by atoms with Gasteiger partial charge in [-0.2, -0.15) is 0 Å². The Kier molecular flexibility index (Phi) is 3.58. The van der Waals surface area contributed by atoms with E-state index in [0.29, 0.717) is 6.42 Å².